The Morgan fingerprint density at radius 1 is 0.469 bits per heavy atom. The van der Waals surface area contributed by atoms with Crippen molar-refractivity contribution in [2.75, 3.05) is 13.2 Å². The van der Waals surface area contributed by atoms with Crippen LogP contribution in [0.15, 0.2) is 12.2 Å². The molecule has 0 N–H and O–H groups in total. The monoisotopic (exact) mass is 452 g/mol. The van der Waals surface area contributed by atoms with Crippen molar-refractivity contribution in [1.29, 1.82) is 0 Å². The van der Waals surface area contributed by atoms with Gasteiger partial charge in [0.15, 0.2) is 0 Å². The van der Waals surface area contributed by atoms with Gasteiger partial charge in [-0.2, -0.15) is 0 Å². The molecule has 0 aliphatic rings. The Bertz CT molecular complexity index is 392. The van der Waals surface area contributed by atoms with Gasteiger partial charge in [0.1, 0.15) is 0 Å². The van der Waals surface area contributed by atoms with Crippen LogP contribution >= 0.6 is 0 Å². The van der Waals surface area contributed by atoms with Crippen molar-refractivity contribution in [3.05, 3.63) is 12.2 Å². The van der Waals surface area contributed by atoms with Gasteiger partial charge in [0, 0.05) is 0 Å². The molecule has 0 rings (SSSR count). The number of unbranched alkanes of at least 4 members (excludes halogenated alkanes) is 19. The van der Waals surface area contributed by atoms with Gasteiger partial charge in [-0.1, -0.05) is 129 Å². The fraction of sp³-hybridized carbons (Fsp3) is 0.897. The summed E-state index contributed by atoms with van der Waals surface area (Å²) in [7, 11) is 0. The Morgan fingerprint density at radius 2 is 0.781 bits per heavy atom. The SMILES string of the molecule is CCCCCCCCCC/C=C\CCCCCCCCOC(=O)OCCCCCCCC. The highest BCUT2D eigenvalue weighted by Gasteiger charge is 2.03. The lowest BCUT2D eigenvalue weighted by atomic mass is 10.1. The molecule has 0 spiro atoms. The zero-order valence-electron chi connectivity index (χ0n) is 21.9. The van der Waals surface area contributed by atoms with E-state index in [9.17, 15) is 4.79 Å². The molecule has 0 saturated carbocycles. The van der Waals surface area contributed by atoms with E-state index in [2.05, 4.69) is 26.0 Å². The maximum absolute atomic E-state index is 11.5. The van der Waals surface area contributed by atoms with Crippen molar-refractivity contribution >= 4 is 6.16 Å². The Morgan fingerprint density at radius 3 is 1.16 bits per heavy atom. The van der Waals surface area contributed by atoms with Gasteiger partial charge in [-0.15, -0.1) is 0 Å². The summed E-state index contributed by atoms with van der Waals surface area (Å²) in [6.45, 7) is 5.50. The zero-order valence-corrected chi connectivity index (χ0v) is 21.9. The molecular formula is C29H56O3. The lowest BCUT2D eigenvalue weighted by molar-refractivity contribution is 0.0529. The molecule has 0 amide bonds. The number of hydrogen-bond donors (Lipinski definition) is 0. The third-order valence-corrected chi connectivity index (χ3v) is 6.09. The van der Waals surface area contributed by atoms with E-state index in [1.165, 1.54) is 116 Å². The maximum Gasteiger partial charge on any atom is 0.508 e. The first kappa shape index (κ1) is 31.0. The number of ether oxygens (including phenoxy) is 2. The first-order valence-corrected chi connectivity index (χ1v) is 14.3. The second-order valence-corrected chi connectivity index (χ2v) is 9.36. The van der Waals surface area contributed by atoms with Crippen LogP contribution in [0.1, 0.15) is 155 Å². The fourth-order valence-corrected chi connectivity index (χ4v) is 3.94. The van der Waals surface area contributed by atoms with Crippen molar-refractivity contribution in [2.45, 2.75) is 155 Å². The van der Waals surface area contributed by atoms with Crippen LogP contribution in [0.5, 0.6) is 0 Å². The molecule has 0 aromatic rings. The maximum atomic E-state index is 11.5. The molecule has 32 heavy (non-hydrogen) atoms. The minimum Gasteiger partial charge on any atom is -0.434 e. The van der Waals surface area contributed by atoms with Gasteiger partial charge in [0.2, 0.25) is 0 Å². The smallest absolute Gasteiger partial charge is 0.434 e. The molecule has 0 fully saturated rings. The average Bonchev–Trinajstić information content (AvgIpc) is 2.80. The summed E-state index contributed by atoms with van der Waals surface area (Å²) in [5.41, 5.74) is 0. The summed E-state index contributed by atoms with van der Waals surface area (Å²) in [5, 5.41) is 0. The first-order valence-electron chi connectivity index (χ1n) is 14.3. The van der Waals surface area contributed by atoms with E-state index < -0.39 is 6.16 Å². The molecule has 0 aromatic carbocycles. The van der Waals surface area contributed by atoms with Crippen molar-refractivity contribution in [2.24, 2.45) is 0 Å². The zero-order chi connectivity index (χ0) is 23.4. The van der Waals surface area contributed by atoms with E-state index in [4.69, 9.17) is 9.47 Å². The molecule has 0 aliphatic heterocycles. The molecule has 0 atom stereocenters. The summed E-state index contributed by atoms with van der Waals surface area (Å²) in [4.78, 5) is 11.5. The van der Waals surface area contributed by atoms with E-state index >= 15 is 0 Å². The summed E-state index contributed by atoms with van der Waals surface area (Å²) in [5.74, 6) is 0. The predicted octanol–water partition coefficient (Wildman–Crippen LogP) is 10.3. The predicted molar refractivity (Wildman–Crippen MR) is 139 cm³/mol. The van der Waals surface area contributed by atoms with E-state index in [1.54, 1.807) is 0 Å². The highest BCUT2D eigenvalue weighted by molar-refractivity contribution is 5.59. The molecule has 0 saturated heterocycles. The van der Waals surface area contributed by atoms with Crippen molar-refractivity contribution < 1.29 is 14.3 Å². The Labute approximate surface area is 201 Å². The summed E-state index contributed by atoms with van der Waals surface area (Å²) >= 11 is 0. The number of carbonyl (C=O) groups is 1. The molecule has 0 radical (unpaired) electrons. The molecular weight excluding hydrogens is 396 g/mol. The largest absolute Gasteiger partial charge is 0.508 e. The number of hydrogen-bond acceptors (Lipinski definition) is 3. The third-order valence-electron chi connectivity index (χ3n) is 6.09. The van der Waals surface area contributed by atoms with E-state index in [-0.39, 0.29) is 0 Å². The van der Waals surface area contributed by atoms with Gasteiger partial charge in [0.05, 0.1) is 13.2 Å². The van der Waals surface area contributed by atoms with Crippen LogP contribution in [0, 0.1) is 0 Å². The van der Waals surface area contributed by atoms with Crippen LogP contribution in [0.4, 0.5) is 4.79 Å². The standard InChI is InChI=1S/C29H56O3/c1-3-5-7-9-11-12-13-14-15-16-17-18-19-20-21-22-24-26-28-32-29(30)31-27-25-23-10-8-6-4-2/h16-17H,3-15,18-28H2,1-2H3/b17-16-. The van der Waals surface area contributed by atoms with Gasteiger partial charge < -0.3 is 9.47 Å². The highest BCUT2D eigenvalue weighted by atomic mass is 16.7. The van der Waals surface area contributed by atoms with E-state index in [0.717, 1.165) is 25.7 Å². The lowest BCUT2D eigenvalue weighted by Crippen LogP contribution is -2.09. The van der Waals surface area contributed by atoms with Crippen LogP contribution in [0.2, 0.25) is 0 Å². The Kier molecular flexibility index (Phi) is 27.2. The molecule has 0 aliphatic carbocycles. The van der Waals surface area contributed by atoms with Crippen LogP contribution in [0.3, 0.4) is 0 Å². The van der Waals surface area contributed by atoms with Gasteiger partial charge in [-0.25, -0.2) is 4.79 Å². The number of rotatable bonds is 25. The van der Waals surface area contributed by atoms with Gasteiger partial charge in [-0.3, -0.25) is 0 Å². The quantitative estimate of drug-likeness (QED) is 0.0784. The van der Waals surface area contributed by atoms with Crippen LogP contribution in [0.25, 0.3) is 0 Å². The lowest BCUT2D eigenvalue weighted by Gasteiger charge is -2.06. The highest BCUT2D eigenvalue weighted by Crippen LogP contribution is 2.11. The minimum atomic E-state index is -0.489. The summed E-state index contributed by atoms with van der Waals surface area (Å²) < 4.78 is 10.3. The molecule has 3 heteroatoms. The van der Waals surface area contributed by atoms with Gasteiger partial charge in [0.25, 0.3) is 0 Å². The number of carbonyl (C=O) groups excluding carboxylic acids is 1. The summed E-state index contributed by atoms with van der Waals surface area (Å²) in [6, 6.07) is 0. The third kappa shape index (κ3) is 27.0. The molecule has 0 heterocycles. The Hall–Kier alpha value is -0.990. The van der Waals surface area contributed by atoms with E-state index in [1.807, 2.05) is 0 Å². The van der Waals surface area contributed by atoms with E-state index in [0.29, 0.717) is 13.2 Å². The topological polar surface area (TPSA) is 35.5 Å². The minimum absolute atomic E-state index is 0.489. The molecule has 3 nitrogen and oxygen atoms in total. The van der Waals surface area contributed by atoms with Crippen LogP contribution in [-0.4, -0.2) is 19.4 Å². The first-order chi connectivity index (χ1) is 15.8. The van der Waals surface area contributed by atoms with Crippen LogP contribution < -0.4 is 0 Å². The molecule has 0 bridgehead atoms. The average molecular weight is 453 g/mol. The summed E-state index contributed by atoms with van der Waals surface area (Å²) in [6.07, 6.45) is 32.4. The van der Waals surface area contributed by atoms with Gasteiger partial charge in [-0.05, 0) is 38.5 Å². The number of allylic oxidation sites excluding steroid dienone is 2. The Balaban J connectivity index is 3.18. The van der Waals surface area contributed by atoms with Crippen molar-refractivity contribution in [3.63, 3.8) is 0 Å². The second-order valence-electron chi connectivity index (χ2n) is 9.36. The fourth-order valence-electron chi connectivity index (χ4n) is 3.94. The molecule has 190 valence electrons. The van der Waals surface area contributed by atoms with Crippen molar-refractivity contribution in [1.82, 2.24) is 0 Å². The van der Waals surface area contributed by atoms with Crippen LogP contribution in [-0.2, 0) is 9.47 Å². The molecule has 0 aromatic heterocycles. The van der Waals surface area contributed by atoms with Gasteiger partial charge >= 0.3 is 6.16 Å². The normalized spacial score (nSPS) is 11.3. The molecule has 0 unspecified atom stereocenters. The van der Waals surface area contributed by atoms with Crippen molar-refractivity contribution in [3.8, 4) is 0 Å². The second kappa shape index (κ2) is 28.0.